The molecule has 3 aliphatic rings. The summed E-state index contributed by atoms with van der Waals surface area (Å²) in [5, 5.41) is 0.722. The first-order valence-electron chi connectivity index (χ1n) is 9.19. The van der Waals surface area contributed by atoms with E-state index in [0.717, 1.165) is 62.9 Å². The van der Waals surface area contributed by atoms with Crippen molar-refractivity contribution in [2.24, 2.45) is 11.8 Å². The second-order valence-electron chi connectivity index (χ2n) is 7.30. The molecule has 1 amide bonds. The zero-order valence-corrected chi connectivity index (χ0v) is 15.2. The summed E-state index contributed by atoms with van der Waals surface area (Å²) < 4.78 is 11.8. The highest BCUT2D eigenvalue weighted by atomic mass is 35.5. The van der Waals surface area contributed by atoms with Gasteiger partial charge in [-0.25, -0.2) is 0 Å². The molecule has 0 aliphatic carbocycles. The summed E-state index contributed by atoms with van der Waals surface area (Å²) in [6.45, 7) is 6.17. The van der Waals surface area contributed by atoms with Crippen LogP contribution in [0.25, 0.3) is 0 Å². The van der Waals surface area contributed by atoms with E-state index in [2.05, 4.69) is 4.90 Å². The van der Waals surface area contributed by atoms with Gasteiger partial charge in [0.1, 0.15) is 12.4 Å². The molecule has 3 aliphatic heterocycles. The summed E-state index contributed by atoms with van der Waals surface area (Å²) in [5.74, 6) is 2.19. The molecule has 3 fully saturated rings. The lowest BCUT2D eigenvalue weighted by atomic mass is 9.93. The normalized spacial score (nSPS) is 29.4. The van der Waals surface area contributed by atoms with Crippen molar-refractivity contribution in [2.45, 2.75) is 18.9 Å². The molecule has 0 aromatic heterocycles. The first kappa shape index (κ1) is 17.1. The smallest absolute Gasteiger partial charge is 0.222 e. The number of hydrogen-bond donors (Lipinski definition) is 0. The van der Waals surface area contributed by atoms with Gasteiger partial charge in [-0.15, -0.1) is 0 Å². The number of amides is 1. The Morgan fingerprint density at radius 1 is 1.24 bits per heavy atom. The minimum absolute atomic E-state index is 0.315. The topological polar surface area (TPSA) is 42.0 Å². The minimum atomic E-state index is 0.315. The molecular formula is C19H25ClN2O3. The molecule has 0 spiro atoms. The van der Waals surface area contributed by atoms with Crippen LogP contribution in [0.2, 0.25) is 5.02 Å². The monoisotopic (exact) mass is 364 g/mol. The van der Waals surface area contributed by atoms with Gasteiger partial charge in [0, 0.05) is 56.0 Å². The SMILES string of the molecule is O=C1CCCN1C[C@H]1CO[C@@H]2CN(CCOc3ccc(Cl)cc3)C[C@H]12. The molecule has 3 saturated heterocycles. The molecule has 4 rings (SSSR count). The maximum absolute atomic E-state index is 11.9. The summed E-state index contributed by atoms with van der Waals surface area (Å²) in [4.78, 5) is 16.3. The van der Waals surface area contributed by atoms with Gasteiger partial charge in [0.2, 0.25) is 5.91 Å². The van der Waals surface area contributed by atoms with Gasteiger partial charge in [-0.3, -0.25) is 9.69 Å². The Morgan fingerprint density at radius 3 is 2.84 bits per heavy atom. The average Bonchev–Trinajstić information content (AvgIpc) is 3.28. The molecule has 5 nitrogen and oxygen atoms in total. The molecule has 0 radical (unpaired) electrons. The molecule has 25 heavy (non-hydrogen) atoms. The van der Waals surface area contributed by atoms with Crippen LogP contribution in [0.4, 0.5) is 0 Å². The molecule has 136 valence electrons. The van der Waals surface area contributed by atoms with E-state index in [9.17, 15) is 4.79 Å². The first-order valence-corrected chi connectivity index (χ1v) is 9.57. The van der Waals surface area contributed by atoms with Gasteiger partial charge in [-0.05, 0) is 30.7 Å². The maximum Gasteiger partial charge on any atom is 0.222 e. The van der Waals surface area contributed by atoms with Crippen molar-refractivity contribution >= 4 is 17.5 Å². The van der Waals surface area contributed by atoms with Crippen LogP contribution >= 0.6 is 11.6 Å². The summed E-state index contributed by atoms with van der Waals surface area (Å²) in [7, 11) is 0. The number of fused-ring (bicyclic) bond motifs is 1. The molecule has 1 aromatic carbocycles. The predicted octanol–water partition coefficient (Wildman–Crippen LogP) is 2.29. The van der Waals surface area contributed by atoms with Crippen molar-refractivity contribution in [3.05, 3.63) is 29.3 Å². The number of hydrogen-bond acceptors (Lipinski definition) is 4. The molecule has 6 heteroatoms. The van der Waals surface area contributed by atoms with Crippen molar-refractivity contribution in [2.75, 3.05) is 45.9 Å². The van der Waals surface area contributed by atoms with Crippen molar-refractivity contribution in [1.82, 2.24) is 9.80 Å². The van der Waals surface area contributed by atoms with Gasteiger partial charge in [0.15, 0.2) is 0 Å². The van der Waals surface area contributed by atoms with Gasteiger partial charge in [-0.1, -0.05) is 11.6 Å². The van der Waals surface area contributed by atoms with Crippen LogP contribution in [0.1, 0.15) is 12.8 Å². The predicted molar refractivity (Wildman–Crippen MR) is 95.9 cm³/mol. The summed E-state index contributed by atoms with van der Waals surface area (Å²) in [6.07, 6.45) is 2.04. The van der Waals surface area contributed by atoms with Gasteiger partial charge < -0.3 is 14.4 Å². The Balaban J connectivity index is 1.23. The fourth-order valence-corrected chi connectivity index (χ4v) is 4.38. The van der Waals surface area contributed by atoms with E-state index >= 15 is 0 Å². The van der Waals surface area contributed by atoms with Crippen LogP contribution in [0, 0.1) is 11.8 Å². The third-order valence-electron chi connectivity index (χ3n) is 5.63. The van der Waals surface area contributed by atoms with Crippen molar-refractivity contribution in [1.29, 1.82) is 0 Å². The van der Waals surface area contributed by atoms with Crippen LogP contribution < -0.4 is 4.74 Å². The van der Waals surface area contributed by atoms with Gasteiger partial charge in [0.05, 0.1) is 12.7 Å². The van der Waals surface area contributed by atoms with Gasteiger partial charge in [0.25, 0.3) is 0 Å². The van der Waals surface area contributed by atoms with Crippen LogP contribution in [0.5, 0.6) is 5.75 Å². The number of rotatable bonds is 6. The van der Waals surface area contributed by atoms with Crippen LogP contribution in [0.3, 0.4) is 0 Å². The number of carbonyl (C=O) groups excluding carboxylic acids is 1. The lowest BCUT2D eigenvalue weighted by Crippen LogP contribution is -2.35. The van der Waals surface area contributed by atoms with E-state index in [1.54, 1.807) is 0 Å². The van der Waals surface area contributed by atoms with Crippen LogP contribution in [0.15, 0.2) is 24.3 Å². The van der Waals surface area contributed by atoms with E-state index in [1.807, 2.05) is 29.2 Å². The zero-order valence-electron chi connectivity index (χ0n) is 14.4. The summed E-state index contributed by atoms with van der Waals surface area (Å²) in [5.41, 5.74) is 0. The fourth-order valence-electron chi connectivity index (χ4n) is 4.25. The average molecular weight is 365 g/mol. The number of benzene rings is 1. The fraction of sp³-hybridized carbons (Fsp3) is 0.632. The highest BCUT2D eigenvalue weighted by molar-refractivity contribution is 6.30. The number of likely N-dealkylation sites (tertiary alicyclic amines) is 2. The third kappa shape index (κ3) is 3.94. The highest BCUT2D eigenvalue weighted by Crippen LogP contribution is 2.34. The van der Waals surface area contributed by atoms with Gasteiger partial charge in [-0.2, -0.15) is 0 Å². The Morgan fingerprint density at radius 2 is 2.08 bits per heavy atom. The molecule has 0 bridgehead atoms. The Bertz CT molecular complexity index is 609. The standard InChI is InChI=1S/C19H25ClN2O3/c20-15-3-5-16(6-4-15)24-9-8-21-11-17-14(13-25-18(17)12-21)10-22-7-1-2-19(22)23/h3-6,14,17-18H,1-2,7-13H2/t14-,17+,18+/m0/s1. The van der Waals surface area contributed by atoms with Crippen molar-refractivity contribution < 1.29 is 14.3 Å². The highest BCUT2D eigenvalue weighted by Gasteiger charge is 2.44. The number of carbonyl (C=O) groups is 1. The number of halogens is 1. The minimum Gasteiger partial charge on any atom is -0.492 e. The van der Waals surface area contributed by atoms with Gasteiger partial charge >= 0.3 is 0 Å². The second kappa shape index (κ2) is 7.52. The van der Waals surface area contributed by atoms with Crippen LogP contribution in [-0.2, 0) is 9.53 Å². The Kier molecular flexibility index (Phi) is 5.15. The molecule has 0 unspecified atom stereocenters. The quantitative estimate of drug-likeness (QED) is 0.776. The summed E-state index contributed by atoms with van der Waals surface area (Å²) >= 11 is 5.89. The van der Waals surface area contributed by atoms with E-state index in [0.29, 0.717) is 30.5 Å². The molecule has 0 saturated carbocycles. The Hall–Kier alpha value is -1.30. The Labute approximate surface area is 153 Å². The largest absolute Gasteiger partial charge is 0.492 e. The lowest BCUT2D eigenvalue weighted by molar-refractivity contribution is -0.128. The van der Waals surface area contributed by atoms with Crippen molar-refractivity contribution in [3.8, 4) is 5.75 Å². The molecular weight excluding hydrogens is 340 g/mol. The zero-order chi connectivity index (χ0) is 17.2. The van der Waals surface area contributed by atoms with E-state index < -0.39 is 0 Å². The first-order chi connectivity index (χ1) is 12.2. The molecule has 3 heterocycles. The maximum atomic E-state index is 11.9. The number of ether oxygens (including phenoxy) is 2. The van der Waals surface area contributed by atoms with Crippen molar-refractivity contribution in [3.63, 3.8) is 0 Å². The van der Waals surface area contributed by atoms with E-state index in [-0.39, 0.29) is 0 Å². The lowest BCUT2D eigenvalue weighted by Gasteiger charge is -2.24. The molecule has 1 aromatic rings. The van der Waals surface area contributed by atoms with E-state index in [4.69, 9.17) is 21.1 Å². The second-order valence-corrected chi connectivity index (χ2v) is 7.74. The third-order valence-corrected chi connectivity index (χ3v) is 5.88. The molecule has 0 N–H and O–H groups in total. The summed E-state index contributed by atoms with van der Waals surface area (Å²) in [6, 6.07) is 7.48. The number of nitrogens with zero attached hydrogens (tertiary/aromatic N) is 2. The van der Waals surface area contributed by atoms with Crippen LogP contribution in [-0.4, -0.2) is 67.7 Å². The van der Waals surface area contributed by atoms with E-state index in [1.165, 1.54) is 0 Å². The molecule has 3 atom stereocenters.